The molecule has 0 aromatic rings. The summed E-state index contributed by atoms with van der Waals surface area (Å²) in [5.74, 6) is -0.261. The Morgan fingerprint density at radius 3 is 0.760 bits per heavy atom. The molecule has 50 heavy (non-hydrogen) atoms. The van der Waals surface area contributed by atoms with Gasteiger partial charge in [-0.15, -0.1) is 0 Å². The third kappa shape index (κ3) is 42.5. The first-order valence-corrected chi connectivity index (χ1v) is 17.6. The second-order valence-corrected chi connectivity index (χ2v) is 10.1. The molecule has 18 nitrogen and oxygen atoms in total. The minimum Gasteiger partial charge on any atom is -0.379 e. The van der Waals surface area contributed by atoms with Gasteiger partial charge < -0.3 is 78.9 Å². The van der Waals surface area contributed by atoms with Gasteiger partial charge in [-0.25, -0.2) is 0 Å². The van der Waals surface area contributed by atoms with E-state index in [2.05, 4.69) is 10.6 Å². The largest absolute Gasteiger partial charge is 0.379 e. The van der Waals surface area contributed by atoms with Crippen LogP contribution in [-0.2, 0) is 66.4 Å². The predicted octanol–water partition coefficient (Wildman–Crippen LogP) is -1.88. The molecule has 0 aliphatic heterocycles. The highest BCUT2D eigenvalue weighted by Crippen LogP contribution is 1.88. The SMILES string of the molecule is NCCOCCOCCOCCOCCOCCOCCOCCOCCOCCOCCOCCOCCC(=O)NCCNC(=O)CCN. The summed E-state index contributed by atoms with van der Waals surface area (Å²) in [6.07, 6.45) is 0.522. The van der Waals surface area contributed by atoms with E-state index < -0.39 is 0 Å². The number of nitrogens with one attached hydrogen (secondary N) is 2. The first-order chi connectivity index (χ1) is 24.7. The van der Waals surface area contributed by atoms with Crippen LogP contribution in [0.3, 0.4) is 0 Å². The summed E-state index contributed by atoms with van der Waals surface area (Å²) in [7, 11) is 0. The summed E-state index contributed by atoms with van der Waals surface area (Å²) in [5.41, 5.74) is 10.6. The Morgan fingerprint density at radius 1 is 0.300 bits per heavy atom. The topological polar surface area (TPSA) is 221 Å². The third-order valence-electron chi connectivity index (χ3n) is 5.97. The first-order valence-electron chi connectivity index (χ1n) is 17.6. The maximum absolute atomic E-state index is 11.7. The lowest BCUT2D eigenvalue weighted by Crippen LogP contribution is -2.35. The Hall–Kier alpha value is -1.62. The fraction of sp³-hybridized carbons (Fsp3) is 0.938. The van der Waals surface area contributed by atoms with Gasteiger partial charge in [0.25, 0.3) is 0 Å². The molecule has 0 rings (SSSR count). The van der Waals surface area contributed by atoms with E-state index in [4.69, 9.17) is 68.3 Å². The van der Waals surface area contributed by atoms with Crippen LogP contribution in [0.5, 0.6) is 0 Å². The molecule has 6 N–H and O–H groups in total. The van der Waals surface area contributed by atoms with Crippen LogP contribution in [0.25, 0.3) is 0 Å². The van der Waals surface area contributed by atoms with Crippen molar-refractivity contribution in [3.63, 3.8) is 0 Å². The zero-order valence-electron chi connectivity index (χ0n) is 30.1. The standard InChI is InChI=1S/C32H66N4O14/c33-3-1-31(37)35-5-6-36-32(38)2-7-39-9-11-41-13-15-43-17-19-45-21-23-47-25-27-49-29-30-50-28-26-48-24-22-46-20-18-44-16-14-42-12-10-40-8-4-34/h1-30,33-34H2,(H,35,37)(H,36,38). The van der Waals surface area contributed by atoms with Gasteiger partial charge in [0.2, 0.25) is 11.8 Å². The molecule has 0 saturated carbocycles. The quantitative estimate of drug-likeness (QED) is 0.0504. The predicted molar refractivity (Wildman–Crippen MR) is 183 cm³/mol. The zero-order chi connectivity index (χ0) is 36.3. The van der Waals surface area contributed by atoms with Crippen LogP contribution in [0.4, 0.5) is 0 Å². The van der Waals surface area contributed by atoms with Crippen LogP contribution in [0, 0.1) is 0 Å². The van der Waals surface area contributed by atoms with Crippen LogP contribution < -0.4 is 22.1 Å². The Labute approximate surface area is 298 Å². The molecular weight excluding hydrogens is 664 g/mol. The molecule has 0 spiro atoms. The van der Waals surface area contributed by atoms with Crippen LogP contribution in [0.1, 0.15) is 12.8 Å². The minimum absolute atomic E-state index is 0.126. The Balaban J connectivity index is 3.11. The minimum atomic E-state index is -0.135. The van der Waals surface area contributed by atoms with Crippen molar-refractivity contribution in [1.29, 1.82) is 0 Å². The summed E-state index contributed by atoms with van der Waals surface area (Å²) < 4.78 is 65.0. The van der Waals surface area contributed by atoms with Gasteiger partial charge in [-0.2, -0.15) is 0 Å². The average molecular weight is 731 g/mol. The lowest BCUT2D eigenvalue weighted by atomic mass is 10.4. The maximum atomic E-state index is 11.7. The number of hydrogen-bond acceptors (Lipinski definition) is 16. The Kier molecular flexibility index (Phi) is 42.1. The molecule has 0 bridgehead atoms. The van der Waals surface area contributed by atoms with Crippen LogP contribution in [0.15, 0.2) is 0 Å². The number of rotatable bonds is 43. The van der Waals surface area contributed by atoms with Gasteiger partial charge in [-0.3, -0.25) is 9.59 Å². The summed E-state index contributed by atoms with van der Waals surface area (Å²) >= 11 is 0. The van der Waals surface area contributed by atoms with Crippen molar-refractivity contribution in [3.05, 3.63) is 0 Å². The number of ether oxygens (including phenoxy) is 12. The second-order valence-electron chi connectivity index (χ2n) is 10.1. The third-order valence-corrected chi connectivity index (χ3v) is 5.97. The smallest absolute Gasteiger partial charge is 0.222 e. The van der Waals surface area contributed by atoms with E-state index in [1.54, 1.807) is 0 Å². The average Bonchev–Trinajstić information content (AvgIpc) is 3.11. The highest BCUT2D eigenvalue weighted by atomic mass is 16.6. The maximum Gasteiger partial charge on any atom is 0.222 e. The van der Waals surface area contributed by atoms with Crippen molar-refractivity contribution in [1.82, 2.24) is 10.6 Å². The number of carbonyl (C=O) groups excluding carboxylic acids is 2. The molecule has 0 atom stereocenters. The van der Waals surface area contributed by atoms with Gasteiger partial charge in [0.1, 0.15) is 0 Å². The van der Waals surface area contributed by atoms with Crippen molar-refractivity contribution in [3.8, 4) is 0 Å². The van der Waals surface area contributed by atoms with Gasteiger partial charge >= 0.3 is 0 Å². The molecule has 0 unspecified atom stereocenters. The van der Waals surface area contributed by atoms with Gasteiger partial charge in [-0.05, 0) is 0 Å². The monoisotopic (exact) mass is 730 g/mol. The van der Waals surface area contributed by atoms with Crippen molar-refractivity contribution in [2.24, 2.45) is 11.5 Å². The van der Waals surface area contributed by atoms with E-state index in [1.807, 2.05) is 0 Å². The molecule has 0 heterocycles. The molecule has 0 fully saturated rings. The molecule has 0 saturated heterocycles. The van der Waals surface area contributed by atoms with Gasteiger partial charge in [-0.1, -0.05) is 0 Å². The molecular formula is C32H66N4O14. The van der Waals surface area contributed by atoms with Crippen molar-refractivity contribution in [2.75, 3.05) is 185 Å². The highest BCUT2D eigenvalue weighted by Gasteiger charge is 2.02. The number of carbonyl (C=O) groups is 2. The lowest BCUT2D eigenvalue weighted by Gasteiger charge is -2.09. The molecule has 0 aliphatic rings. The van der Waals surface area contributed by atoms with Gasteiger partial charge in [0, 0.05) is 39.0 Å². The highest BCUT2D eigenvalue weighted by molar-refractivity contribution is 5.77. The van der Waals surface area contributed by atoms with Crippen LogP contribution >= 0.6 is 0 Å². The van der Waals surface area contributed by atoms with Gasteiger partial charge in [0.15, 0.2) is 0 Å². The Bertz CT molecular complexity index is 703. The molecule has 298 valence electrons. The van der Waals surface area contributed by atoms with Crippen LogP contribution in [-0.4, -0.2) is 197 Å². The Morgan fingerprint density at radius 2 is 0.520 bits per heavy atom. The number of nitrogens with two attached hydrogens (primary N) is 2. The van der Waals surface area contributed by atoms with Crippen molar-refractivity contribution in [2.45, 2.75) is 12.8 Å². The van der Waals surface area contributed by atoms with E-state index in [0.29, 0.717) is 185 Å². The number of hydrogen-bond donors (Lipinski definition) is 4. The second kappa shape index (κ2) is 43.5. The lowest BCUT2D eigenvalue weighted by molar-refractivity contribution is -0.123. The van der Waals surface area contributed by atoms with E-state index in [0.717, 1.165) is 0 Å². The molecule has 18 heteroatoms. The van der Waals surface area contributed by atoms with E-state index in [1.165, 1.54) is 0 Å². The van der Waals surface area contributed by atoms with E-state index in [-0.39, 0.29) is 24.7 Å². The van der Waals surface area contributed by atoms with E-state index >= 15 is 0 Å². The molecule has 0 radical (unpaired) electrons. The van der Waals surface area contributed by atoms with Crippen LogP contribution in [0.2, 0.25) is 0 Å². The fourth-order valence-corrected chi connectivity index (χ4v) is 3.48. The number of amides is 2. The zero-order valence-corrected chi connectivity index (χ0v) is 30.1. The first kappa shape index (κ1) is 48.4. The molecule has 0 aromatic heterocycles. The summed E-state index contributed by atoms with van der Waals surface area (Å²) in [5, 5.41) is 5.37. The molecule has 0 aromatic carbocycles. The summed E-state index contributed by atoms with van der Waals surface area (Å²) in [6.45, 7) is 13.1. The summed E-state index contributed by atoms with van der Waals surface area (Å²) in [4.78, 5) is 22.9. The van der Waals surface area contributed by atoms with Crippen molar-refractivity contribution < 1.29 is 66.4 Å². The summed E-state index contributed by atoms with van der Waals surface area (Å²) in [6, 6.07) is 0. The van der Waals surface area contributed by atoms with Crippen molar-refractivity contribution >= 4 is 11.8 Å². The van der Waals surface area contributed by atoms with Gasteiger partial charge in [0.05, 0.1) is 159 Å². The fourth-order valence-electron chi connectivity index (χ4n) is 3.48. The van der Waals surface area contributed by atoms with E-state index in [9.17, 15) is 9.59 Å². The normalized spacial score (nSPS) is 11.3. The molecule has 0 aliphatic carbocycles. The molecule has 2 amide bonds.